The molecule has 1 saturated heterocycles. The Balaban J connectivity index is 2.12. The Kier molecular flexibility index (Phi) is 2.53. The summed E-state index contributed by atoms with van der Waals surface area (Å²) in [6.07, 6.45) is 0. The van der Waals surface area contributed by atoms with Crippen LogP contribution in [0.15, 0.2) is 12.1 Å². The second kappa shape index (κ2) is 3.65. The zero-order chi connectivity index (χ0) is 9.26. The van der Waals surface area contributed by atoms with Crippen molar-refractivity contribution in [2.75, 3.05) is 13.2 Å². The Bertz CT molecular complexity index is 326. The summed E-state index contributed by atoms with van der Waals surface area (Å²) in [4.78, 5) is 12.0. The normalized spacial score (nSPS) is 22.8. The summed E-state index contributed by atoms with van der Waals surface area (Å²) < 4.78 is 5.84. The van der Waals surface area contributed by atoms with Crippen LogP contribution in [0.3, 0.4) is 0 Å². The standard InChI is InChI=1S/C8H8ClNO2S/c9-7-2-1-6(13-7)5-3-12-4-8(11)10-5/h1-2,5H,3-4H2,(H,10,11)/t5-/m1/s1. The van der Waals surface area contributed by atoms with E-state index in [0.29, 0.717) is 6.61 Å². The smallest absolute Gasteiger partial charge is 0.246 e. The Morgan fingerprint density at radius 1 is 1.62 bits per heavy atom. The molecule has 0 spiro atoms. The van der Waals surface area contributed by atoms with Gasteiger partial charge in [-0.1, -0.05) is 11.6 Å². The molecule has 0 aliphatic carbocycles. The molecule has 0 bridgehead atoms. The molecule has 1 N–H and O–H groups in total. The van der Waals surface area contributed by atoms with Crippen molar-refractivity contribution in [3.8, 4) is 0 Å². The summed E-state index contributed by atoms with van der Waals surface area (Å²) in [5.41, 5.74) is 0. The number of carbonyl (C=O) groups excluding carboxylic acids is 1. The molecule has 0 unspecified atom stereocenters. The third kappa shape index (κ3) is 2.02. The zero-order valence-electron chi connectivity index (χ0n) is 6.75. The van der Waals surface area contributed by atoms with Gasteiger partial charge in [-0.25, -0.2) is 0 Å². The Labute approximate surface area is 84.7 Å². The number of amides is 1. The lowest BCUT2D eigenvalue weighted by Gasteiger charge is -2.22. The molecule has 70 valence electrons. The molecule has 1 aliphatic heterocycles. The van der Waals surface area contributed by atoms with Crippen molar-refractivity contribution in [3.05, 3.63) is 21.3 Å². The van der Waals surface area contributed by atoms with Crippen LogP contribution in [0.4, 0.5) is 0 Å². The molecular formula is C8H8ClNO2S. The molecule has 0 radical (unpaired) electrons. The van der Waals surface area contributed by atoms with Crippen LogP contribution in [0, 0.1) is 0 Å². The fourth-order valence-corrected chi connectivity index (χ4v) is 2.31. The van der Waals surface area contributed by atoms with Crippen molar-refractivity contribution in [1.82, 2.24) is 5.32 Å². The highest BCUT2D eigenvalue weighted by Crippen LogP contribution is 2.27. The predicted molar refractivity (Wildman–Crippen MR) is 51.0 cm³/mol. The average molecular weight is 218 g/mol. The molecular weight excluding hydrogens is 210 g/mol. The summed E-state index contributed by atoms with van der Waals surface area (Å²) in [5, 5.41) is 2.83. The molecule has 0 saturated carbocycles. The van der Waals surface area contributed by atoms with Crippen molar-refractivity contribution in [2.45, 2.75) is 6.04 Å². The van der Waals surface area contributed by atoms with E-state index in [0.717, 1.165) is 9.21 Å². The van der Waals surface area contributed by atoms with Gasteiger partial charge in [0.15, 0.2) is 0 Å². The average Bonchev–Trinajstić information content (AvgIpc) is 2.52. The molecule has 5 heteroatoms. The van der Waals surface area contributed by atoms with Crippen LogP contribution < -0.4 is 5.32 Å². The highest BCUT2D eigenvalue weighted by atomic mass is 35.5. The van der Waals surface area contributed by atoms with Gasteiger partial charge in [-0.2, -0.15) is 0 Å². The first-order valence-corrected chi connectivity index (χ1v) is 5.07. The van der Waals surface area contributed by atoms with Gasteiger partial charge in [-0.05, 0) is 12.1 Å². The van der Waals surface area contributed by atoms with Gasteiger partial charge in [0.25, 0.3) is 0 Å². The number of thiophene rings is 1. The first-order valence-electron chi connectivity index (χ1n) is 3.88. The van der Waals surface area contributed by atoms with E-state index in [1.165, 1.54) is 11.3 Å². The SMILES string of the molecule is O=C1COC[C@H](c2ccc(Cl)s2)N1. The molecule has 1 aliphatic rings. The van der Waals surface area contributed by atoms with Crippen LogP contribution in [-0.2, 0) is 9.53 Å². The van der Waals surface area contributed by atoms with Crippen molar-refractivity contribution < 1.29 is 9.53 Å². The second-order valence-corrected chi connectivity index (χ2v) is 4.52. The summed E-state index contributed by atoms with van der Waals surface area (Å²) in [6, 6.07) is 3.70. The lowest BCUT2D eigenvalue weighted by Crippen LogP contribution is -2.39. The molecule has 1 aromatic rings. The fourth-order valence-electron chi connectivity index (χ4n) is 1.22. The molecule has 1 amide bonds. The van der Waals surface area contributed by atoms with E-state index in [1.807, 2.05) is 12.1 Å². The van der Waals surface area contributed by atoms with E-state index >= 15 is 0 Å². The maximum atomic E-state index is 11.0. The van der Waals surface area contributed by atoms with Gasteiger partial charge in [0, 0.05) is 4.88 Å². The fraction of sp³-hybridized carbons (Fsp3) is 0.375. The number of ether oxygens (including phenoxy) is 1. The van der Waals surface area contributed by atoms with Crippen LogP contribution in [0.5, 0.6) is 0 Å². The number of hydrogen-bond donors (Lipinski definition) is 1. The molecule has 3 nitrogen and oxygen atoms in total. The number of morpholine rings is 1. The van der Waals surface area contributed by atoms with Crippen LogP contribution in [0.1, 0.15) is 10.9 Å². The highest BCUT2D eigenvalue weighted by molar-refractivity contribution is 7.16. The van der Waals surface area contributed by atoms with Crippen LogP contribution >= 0.6 is 22.9 Å². The number of halogens is 1. The van der Waals surface area contributed by atoms with E-state index < -0.39 is 0 Å². The Morgan fingerprint density at radius 2 is 2.46 bits per heavy atom. The lowest BCUT2D eigenvalue weighted by molar-refractivity contribution is -0.131. The van der Waals surface area contributed by atoms with E-state index in [9.17, 15) is 4.79 Å². The minimum atomic E-state index is -0.0687. The maximum absolute atomic E-state index is 11.0. The third-order valence-corrected chi connectivity index (χ3v) is 3.14. The molecule has 1 fully saturated rings. The van der Waals surface area contributed by atoms with Gasteiger partial charge < -0.3 is 10.1 Å². The van der Waals surface area contributed by atoms with E-state index in [4.69, 9.17) is 16.3 Å². The molecule has 2 heterocycles. The van der Waals surface area contributed by atoms with Gasteiger partial charge in [0.2, 0.25) is 5.91 Å². The van der Waals surface area contributed by atoms with Crippen molar-refractivity contribution in [3.63, 3.8) is 0 Å². The Morgan fingerprint density at radius 3 is 3.08 bits per heavy atom. The van der Waals surface area contributed by atoms with E-state index in [-0.39, 0.29) is 18.6 Å². The number of rotatable bonds is 1. The number of hydrogen-bond acceptors (Lipinski definition) is 3. The minimum absolute atomic E-state index is 0.0289. The number of carbonyl (C=O) groups is 1. The van der Waals surface area contributed by atoms with Gasteiger partial charge >= 0.3 is 0 Å². The van der Waals surface area contributed by atoms with Gasteiger partial charge in [0.05, 0.1) is 17.0 Å². The summed E-state index contributed by atoms with van der Waals surface area (Å²) in [5.74, 6) is -0.0687. The van der Waals surface area contributed by atoms with Gasteiger partial charge in [-0.15, -0.1) is 11.3 Å². The largest absolute Gasteiger partial charge is 0.369 e. The second-order valence-electron chi connectivity index (χ2n) is 2.78. The molecule has 13 heavy (non-hydrogen) atoms. The van der Waals surface area contributed by atoms with Crippen LogP contribution in [-0.4, -0.2) is 19.1 Å². The highest BCUT2D eigenvalue weighted by Gasteiger charge is 2.21. The predicted octanol–water partition coefficient (Wildman–Crippen LogP) is 1.59. The maximum Gasteiger partial charge on any atom is 0.246 e. The number of nitrogens with one attached hydrogen (secondary N) is 1. The topological polar surface area (TPSA) is 38.3 Å². The quantitative estimate of drug-likeness (QED) is 0.776. The van der Waals surface area contributed by atoms with Gasteiger partial charge in [-0.3, -0.25) is 4.79 Å². The lowest BCUT2D eigenvalue weighted by atomic mass is 10.2. The van der Waals surface area contributed by atoms with Gasteiger partial charge in [0.1, 0.15) is 6.61 Å². The molecule has 2 rings (SSSR count). The summed E-state index contributed by atoms with van der Waals surface area (Å²) in [6.45, 7) is 0.693. The third-order valence-electron chi connectivity index (χ3n) is 1.79. The van der Waals surface area contributed by atoms with Crippen LogP contribution in [0.25, 0.3) is 0 Å². The summed E-state index contributed by atoms with van der Waals surface area (Å²) >= 11 is 7.25. The minimum Gasteiger partial charge on any atom is -0.369 e. The van der Waals surface area contributed by atoms with Crippen LogP contribution in [0.2, 0.25) is 4.34 Å². The zero-order valence-corrected chi connectivity index (χ0v) is 8.32. The van der Waals surface area contributed by atoms with Crippen molar-refractivity contribution >= 4 is 28.8 Å². The first-order chi connectivity index (χ1) is 6.25. The first kappa shape index (κ1) is 8.99. The van der Waals surface area contributed by atoms with E-state index in [2.05, 4.69) is 5.32 Å². The Hall–Kier alpha value is -0.580. The van der Waals surface area contributed by atoms with Crippen molar-refractivity contribution in [2.24, 2.45) is 0 Å². The van der Waals surface area contributed by atoms with E-state index in [1.54, 1.807) is 0 Å². The summed E-state index contributed by atoms with van der Waals surface area (Å²) in [7, 11) is 0. The van der Waals surface area contributed by atoms with Crippen molar-refractivity contribution in [1.29, 1.82) is 0 Å². The molecule has 1 aromatic heterocycles. The molecule has 0 aromatic carbocycles. The monoisotopic (exact) mass is 217 g/mol. The molecule has 1 atom stereocenters.